The predicted molar refractivity (Wildman–Crippen MR) is 65.6 cm³/mol. The third-order valence-corrected chi connectivity index (χ3v) is 5.32. The van der Waals surface area contributed by atoms with Crippen molar-refractivity contribution < 1.29 is 13.2 Å². The summed E-state index contributed by atoms with van der Waals surface area (Å²) in [5.74, 6) is 0. The average Bonchev–Trinajstić information content (AvgIpc) is 2.30. The molecule has 0 saturated carbocycles. The minimum absolute atomic E-state index is 0.192. The minimum atomic E-state index is -3.38. The van der Waals surface area contributed by atoms with Gasteiger partial charge in [-0.3, -0.25) is 0 Å². The highest BCUT2D eigenvalue weighted by Crippen LogP contribution is 2.22. The monoisotopic (exact) mass is 255 g/mol. The topological polar surface area (TPSA) is 69.4 Å². The fourth-order valence-corrected chi connectivity index (χ4v) is 3.69. The van der Waals surface area contributed by atoms with E-state index in [1.807, 2.05) is 6.92 Å². The highest BCUT2D eigenvalue weighted by atomic mass is 32.2. The van der Waals surface area contributed by atoms with Crippen molar-refractivity contribution in [3.63, 3.8) is 0 Å². The van der Waals surface area contributed by atoms with E-state index in [9.17, 15) is 8.42 Å². The Labute approximate surface area is 102 Å². The van der Waals surface area contributed by atoms with Gasteiger partial charge in [0.1, 0.15) is 5.25 Å². The van der Waals surface area contributed by atoms with E-state index in [1.165, 1.54) is 0 Å². The summed E-state index contributed by atoms with van der Waals surface area (Å²) < 4.78 is 29.9. The van der Waals surface area contributed by atoms with Gasteiger partial charge in [0.05, 0.1) is 11.5 Å². The molecule has 1 aliphatic rings. The third kappa shape index (κ3) is 2.51. The maximum Gasteiger partial charge on any atom is 0.185 e. The highest BCUT2D eigenvalue weighted by molar-refractivity contribution is 7.92. The van der Waals surface area contributed by atoms with Crippen LogP contribution < -0.4 is 5.73 Å². The largest absolute Gasteiger partial charge is 0.380 e. The van der Waals surface area contributed by atoms with Crippen LogP contribution in [0.3, 0.4) is 0 Å². The Morgan fingerprint density at radius 2 is 1.94 bits per heavy atom. The van der Waals surface area contributed by atoms with E-state index in [0.717, 1.165) is 5.56 Å². The van der Waals surface area contributed by atoms with Gasteiger partial charge in [0.25, 0.3) is 0 Å². The predicted octanol–water partition coefficient (Wildman–Crippen LogP) is 0.885. The van der Waals surface area contributed by atoms with Crippen LogP contribution in [0.15, 0.2) is 29.2 Å². The van der Waals surface area contributed by atoms with E-state index in [0.29, 0.717) is 17.9 Å². The van der Waals surface area contributed by atoms with Gasteiger partial charge in [-0.2, -0.15) is 0 Å². The molecular weight excluding hydrogens is 238 g/mol. The summed E-state index contributed by atoms with van der Waals surface area (Å²) in [6.45, 7) is 2.66. The van der Waals surface area contributed by atoms with Crippen molar-refractivity contribution in [3.8, 4) is 0 Å². The van der Waals surface area contributed by atoms with E-state index in [4.69, 9.17) is 10.5 Å². The van der Waals surface area contributed by atoms with E-state index in [-0.39, 0.29) is 12.6 Å². The Bertz CT molecular complexity index is 481. The SMILES string of the molecule is Cc1ccc(S(=O)(=O)C2COCCC2N)cc1. The molecule has 1 saturated heterocycles. The number of ether oxygens (including phenoxy) is 1. The van der Waals surface area contributed by atoms with Gasteiger partial charge in [-0.15, -0.1) is 0 Å². The lowest BCUT2D eigenvalue weighted by atomic mass is 10.1. The molecule has 1 aromatic rings. The molecule has 1 aromatic carbocycles. The molecule has 2 N–H and O–H groups in total. The first-order valence-corrected chi connectivity index (χ1v) is 7.20. The maximum absolute atomic E-state index is 12.3. The molecular formula is C12H17NO3S. The molecule has 2 unspecified atom stereocenters. The summed E-state index contributed by atoms with van der Waals surface area (Å²) in [5, 5.41) is -0.626. The molecule has 0 spiro atoms. The number of hydrogen-bond donors (Lipinski definition) is 1. The lowest BCUT2D eigenvalue weighted by Crippen LogP contribution is -2.47. The second-order valence-electron chi connectivity index (χ2n) is 4.42. The molecule has 2 atom stereocenters. The molecule has 0 amide bonds. The van der Waals surface area contributed by atoms with Gasteiger partial charge in [0, 0.05) is 12.6 Å². The molecule has 1 fully saturated rings. The Morgan fingerprint density at radius 3 is 2.53 bits per heavy atom. The minimum Gasteiger partial charge on any atom is -0.380 e. The van der Waals surface area contributed by atoms with E-state index in [2.05, 4.69) is 0 Å². The standard InChI is InChI=1S/C12H17NO3S/c1-9-2-4-10(5-3-9)17(14,15)12-8-16-7-6-11(12)13/h2-5,11-12H,6-8,13H2,1H3. The number of hydrogen-bond acceptors (Lipinski definition) is 4. The van der Waals surface area contributed by atoms with Crippen LogP contribution in [-0.2, 0) is 14.6 Å². The van der Waals surface area contributed by atoms with Gasteiger partial charge < -0.3 is 10.5 Å². The van der Waals surface area contributed by atoms with Gasteiger partial charge in [0.2, 0.25) is 0 Å². The van der Waals surface area contributed by atoms with E-state index < -0.39 is 15.1 Å². The second-order valence-corrected chi connectivity index (χ2v) is 6.59. The Balaban J connectivity index is 2.32. The summed E-state index contributed by atoms with van der Waals surface area (Å²) in [6, 6.07) is 6.51. The Kier molecular flexibility index (Phi) is 3.51. The first-order chi connectivity index (χ1) is 8.01. The zero-order valence-corrected chi connectivity index (χ0v) is 10.6. The smallest absolute Gasteiger partial charge is 0.185 e. The molecule has 0 aromatic heterocycles. The first kappa shape index (κ1) is 12.5. The molecule has 94 valence electrons. The van der Waals surface area contributed by atoms with Crippen LogP contribution in [0.2, 0.25) is 0 Å². The van der Waals surface area contributed by atoms with Crippen molar-refractivity contribution in [2.75, 3.05) is 13.2 Å². The van der Waals surface area contributed by atoms with Crippen LogP contribution in [0.5, 0.6) is 0 Å². The van der Waals surface area contributed by atoms with Crippen molar-refractivity contribution in [3.05, 3.63) is 29.8 Å². The molecule has 5 heteroatoms. The molecule has 2 rings (SSSR count). The fourth-order valence-electron chi connectivity index (χ4n) is 1.95. The number of benzene rings is 1. The van der Waals surface area contributed by atoms with Gasteiger partial charge in [-0.05, 0) is 25.5 Å². The maximum atomic E-state index is 12.3. The van der Waals surface area contributed by atoms with Crippen molar-refractivity contribution in [2.24, 2.45) is 5.73 Å². The number of rotatable bonds is 2. The zero-order chi connectivity index (χ0) is 12.5. The van der Waals surface area contributed by atoms with Crippen LogP contribution in [0.25, 0.3) is 0 Å². The number of nitrogens with two attached hydrogens (primary N) is 1. The van der Waals surface area contributed by atoms with Crippen molar-refractivity contribution in [1.82, 2.24) is 0 Å². The quantitative estimate of drug-likeness (QED) is 0.852. The van der Waals surface area contributed by atoms with Gasteiger partial charge in [-0.1, -0.05) is 17.7 Å². The van der Waals surface area contributed by atoms with E-state index >= 15 is 0 Å². The average molecular weight is 255 g/mol. The fraction of sp³-hybridized carbons (Fsp3) is 0.500. The van der Waals surface area contributed by atoms with Gasteiger partial charge >= 0.3 is 0 Å². The number of sulfone groups is 1. The first-order valence-electron chi connectivity index (χ1n) is 5.66. The summed E-state index contributed by atoms with van der Waals surface area (Å²) in [4.78, 5) is 0.328. The van der Waals surface area contributed by atoms with Gasteiger partial charge in [0.15, 0.2) is 9.84 Å². The summed E-state index contributed by atoms with van der Waals surface area (Å²) in [5.41, 5.74) is 6.91. The molecule has 4 nitrogen and oxygen atoms in total. The molecule has 0 radical (unpaired) electrons. The van der Waals surface area contributed by atoms with Crippen molar-refractivity contribution >= 4 is 9.84 Å². The third-order valence-electron chi connectivity index (χ3n) is 3.10. The normalized spacial score (nSPS) is 25.8. The van der Waals surface area contributed by atoms with E-state index in [1.54, 1.807) is 24.3 Å². The Hall–Kier alpha value is -0.910. The van der Waals surface area contributed by atoms with Gasteiger partial charge in [-0.25, -0.2) is 8.42 Å². The van der Waals surface area contributed by atoms with Crippen LogP contribution in [0.4, 0.5) is 0 Å². The van der Waals surface area contributed by atoms with Crippen LogP contribution >= 0.6 is 0 Å². The molecule has 1 heterocycles. The molecule has 17 heavy (non-hydrogen) atoms. The molecule has 1 aliphatic heterocycles. The Morgan fingerprint density at radius 1 is 1.29 bits per heavy atom. The van der Waals surface area contributed by atoms with Crippen molar-refractivity contribution in [2.45, 2.75) is 29.5 Å². The van der Waals surface area contributed by atoms with Crippen LogP contribution in [-0.4, -0.2) is 32.9 Å². The number of aryl methyl sites for hydroxylation is 1. The molecule has 0 bridgehead atoms. The van der Waals surface area contributed by atoms with Crippen LogP contribution in [0.1, 0.15) is 12.0 Å². The summed E-state index contributed by atoms with van der Waals surface area (Å²) in [7, 11) is -3.38. The lowest BCUT2D eigenvalue weighted by Gasteiger charge is -2.28. The highest BCUT2D eigenvalue weighted by Gasteiger charge is 2.35. The lowest BCUT2D eigenvalue weighted by molar-refractivity contribution is 0.0891. The van der Waals surface area contributed by atoms with Crippen molar-refractivity contribution in [1.29, 1.82) is 0 Å². The summed E-state index contributed by atoms with van der Waals surface area (Å²) >= 11 is 0. The molecule has 0 aliphatic carbocycles. The van der Waals surface area contributed by atoms with Crippen LogP contribution in [0, 0.1) is 6.92 Å². The second kappa shape index (κ2) is 4.76. The summed E-state index contributed by atoms with van der Waals surface area (Å²) in [6.07, 6.45) is 0.593. The zero-order valence-electron chi connectivity index (χ0n) is 9.80.